The summed E-state index contributed by atoms with van der Waals surface area (Å²) in [5, 5.41) is 0.611. The average Bonchev–Trinajstić information content (AvgIpc) is 2.77. The Hall–Kier alpha value is -2.83. The van der Waals surface area contributed by atoms with Crippen molar-refractivity contribution in [3.63, 3.8) is 0 Å². The Morgan fingerprint density at radius 1 is 0.968 bits per heavy atom. The van der Waals surface area contributed by atoms with E-state index in [0.717, 1.165) is 5.56 Å². The number of pyridine rings is 1. The van der Waals surface area contributed by atoms with Crippen molar-refractivity contribution in [1.82, 2.24) is 4.98 Å². The first-order valence-electron chi connectivity index (χ1n) is 9.38. The van der Waals surface area contributed by atoms with Gasteiger partial charge in [-0.25, -0.2) is 4.39 Å². The number of nitrogens with zero attached hydrogens (tertiary/aromatic N) is 1. The van der Waals surface area contributed by atoms with Gasteiger partial charge in [0.1, 0.15) is 5.82 Å². The predicted octanol–water partition coefficient (Wildman–Crippen LogP) is 5.59. The maximum absolute atomic E-state index is 13.1. The molecule has 0 aliphatic carbocycles. The number of carbonyl (C=O) groups is 1. The number of carbonyl (C=O) groups excluding carboxylic acids is 1. The molecule has 0 saturated carbocycles. The molecule has 0 aliphatic rings. The highest BCUT2D eigenvalue weighted by atomic mass is 35.5. The van der Waals surface area contributed by atoms with E-state index in [1.165, 1.54) is 38.7 Å². The number of rotatable bonds is 9. The second-order valence-electron chi connectivity index (χ2n) is 6.58. The molecule has 1 aromatic heterocycles. The third-order valence-corrected chi connectivity index (χ3v) is 5.29. The third-order valence-electron chi connectivity index (χ3n) is 4.64. The van der Waals surface area contributed by atoms with Crippen LogP contribution in [0.3, 0.4) is 0 Å². The van der Waals surface area contributed by atoms with Crippen molar-refractivity contribution in [2.45, 2.75) is 12.8 Å². The topological polar surface area (TPSA) is 57.7 Å². The van der Waals surface area contributed by atoms with Crippen LogP contribution >= 0.6 is 23.2 Å². The molecule has 0 fully saturated rings. The molecule has 0 atom stereocenters. The van der Waals surface area contributed by atoms with Crippen LogP contribution in [0.1, 0.15) is 21.5 Å². The van der Waals surface area contributed by atoms with E-state index in [1.54, 1.807) is 24.3 Å². The van der Waals surface area contributed by atoms with Crippen molar-refractivity contribution in [1.29, 1.82) is 0 Å². The minimum atomic E-state index is -0.305. The fourth-order valence-corrected chi connectivity index (χ4v) is 3.54. The largest absolute Gasteiger partial charge is 0.493 e. The van der Waals surface area contributed by atoms with Crippen molar-refractivity contribution in [3.8, 4) is 17.2 Å². The molecule has 0 radical (unpaired) electrons. The zero-order valence-corrected chi connectivity index (χ0v) is 18.5. The Kier molecular flexibility index (Phi) is 7.71. The van der Waals surface area contributed by atoms with Gasteiger partial charge < -0.3 is 14.2 Å². The molecule has 162 valence electrons. The van der Waals surface area contributed by atoms with Gasteiger partial charge >= 0.3 is 0 Å². The Morgan fingerprint density at radius 2 is 1.65 bits per heavy atom. The molecule has 0 saturated heterocycles. The van der Waals surface area contributed by atoms with Crippen molar-refractivity contribution in [3.05, 3.63) is 81.3 Å². The zero-order chi connectivity index (χ0) is 22.4. The van der Waals surface area contributed by atoms with E-state index in [2.05, 4.69) is 4.98 Å². The normalized spacial score (nSPS) is 10.6. The molecule has 1 heterocycles. The molecule has 0 aliphatic heterocycles. The number of aromatic nitrogens is 1. The molecule has 8 heteroatoms. The maximum Gasteiger partial charge on any atom is 0.204 e. The summed E-state index contributed by atoms with van der Waals surface area (Å²) in [4.78, 5) is 17.0. The van der Waals surface area contributed by atoms with Gasteiger partial charge in [-0.2, -0.15) is 0 Å². The number of halogens is 3. The Morgan fingerprint density at radius 3 is 2.26 bits per heavy atom. The lowest BCUT2D eigenvalue weighted by Crippen LogP contribution is -2.11. The quantitative estimate of drug-likeness (QED) is 0.387. The molecule has 0 amide bonds. The standard InChI is InChI=1S/C23H20Cl2FNO4/c1-29-21-8-7-16(20(28)11-17-18(24)12-27-13-19(17)25)22(23(21)30-2)31-10-9-14-3-5-15(26)6-4-14/h3-8,12-13H,9-11H2,1-2H3. The zero-order valence-electron chi connectivity index (χ0n) is 17.0. The summed E-state index contributed by atoms with van der Waals surface area (Å²) in [6.45, 7) is 0.242. The number of benzene rings is 2. The lowest BCUT2D eigenvalue weighted by molar-refractivity contribution is 0.0988. The van der Waals surface area contributed by atoms with E-state index in [4.69, 9.17) is 37.4 Å². The molecule has 0 N–H and O–H groups in total. The summed E-state index contributed by atoms with van der Waals surface area (Å²) in [6, 6.07) is 9.38. The van der Waals surface area contributed by atoms with E-state index in [9.17, 15) is 9.18 Å². The van der Waals surface area contributed by atoms with E-state index in [-0.39, 0.29) is 30.4 Å². The predicted molar refractivity (Wildman–Crippen MR) is 117 cm³/mol. The molecule has 3 aromatic rings. The van der Waals surface area contributed by atoms with Gasteiger partial charge in [0.05, 0.1) is 36.4 Å². The van der Waals surface area contributed by atoms with Crippen molar-refractivity contribution >= 4 is 29.0 Å². The first-order valence-corrected chi connectivity index (χ1v) is 10.1. The highest BCUT2D eigenvalue weighted by Gasteiger charge is 2.23. The highest BCUT2D eigenvalue weighted by molar-refractivity contribution is 6.36. The number of methoxy groups -OCH3 is 2. The number of Topliss-reactive ketones (excluding diaryl/α,β-unsaturated/α-hetero) is 1. The van der Waals surface area contributed by atoms with Crippen LogP contribution in [0.5, 0.6) is 17.2 Å². The van der Waals surface area contributed by atoms with Crippen LogP contribution in [0, 0.1) is 5.82 Å². The van der Waals surface area contributed by atoms with E-state index >= 15 is 0 Å². The van der Waals surface area contributed by atoms with Crippen LogP contribution in [0.25, 0.3) is 0 Å². The summed E-state index contributed by atoms with van der Waals surface area (Å²) >= 11 is 12.3. The minimum absolute atomic E-state index is 0.0377. The first-order chi connectivity index (χ1) is 14.9. The van der Waals surface area contributed by atoms with Crippen LogP contribution in [0.15, 0.2) is 48.8 Å². The molecule has 31 heavy (non-hydrogen) atoms. The Bertz CT molecular complexity index is 1050. The molecule has 3 rings (SSSR count). The van der Waals surface area contributed by atoms with Gasteiger partial charge in [-0.1, -0.05) is 35.3 Å². The van der Waals surface area contributed by atoms with Crippen LogP contribution in [-0.4, -0.2) is 31.6 Å². The minimum Gasteiger partial charge on any atom is -0.493 e. The Labute approximate surface area is 189 Å². The number of ether oxygens (including phenoxy) is 3. The van der Waals surface area contributed by atoms with Gasteiger partial charge in [0.2, 0.25) is 5.75 Å². The van der Waals surface area contributed by atoms with Gasteiger partial charge in [-0.05, 0) is 29.8 Å². The van der Waals surface area contributed by atoms with Gasteiger partial charge in [0.25, 0.3) is 0 Å². The lowest BCUT2D eigenvalue weighted by atomic mass is 10.0. The van der Waals surface area contributed by atoms with Crippen LogP contribution in [0.4, 0.5) is 4.39 Å². The molecule has 5 nitrogen and oxygen atoms in total. The Balaban J connectivity index is 1.88. The SMILES string of the molecule is COc1ccc(C(=O)Cc2c(Cl)cncc2Cl)c(OCCc2ccc(F)cc2)c1OC. The summed E-state index contributed by atoms with van der Waals surface area (Å²) < 4.78 is 29.9. The van der Waals surface area contributed by atoms with Crippen LogP contribution < -0.4 is 14.2 Å². The summed E-state index contributed by atoms with van der Waals surface area (Å²) in [5.74, 6) is 0.429. The number of hydrogen-bond donors (Lipinski definition) is 0. The van der Waals surface area contributed by atoms with Gasteiger partial charge in [-0.15, -0.1) is 0 Å². The number of ketones is 1. The fraction of sp³-hybridized carbons (Fsp3) is 0.217. The smallest absolute Gasteiger partial charge is 0.204 e. The van der Waals surface area contributed by atoms with E-state index < -0.39 is 0 Å². The molecule has 2 aromatic carbocycles. The first kappa shape index (κ1) is 22.8. The van der Waals surface area contributed by atoms with Crippen molar-refractivity contribution in [2.24, 2.45) is 0 Å². The summed E-state index contributed by atoms with van der Waals surface area (Å²) in [7, 11) is 2.97. The van der Waals surface area contributed by atoms with Crippen LogP contribution in [-0.2, 0) is 12.8 Å². The lowest BCUT2D eigenvalue weighted by Gasteiger charge is -2.17. The van der Waals surface area contributed by atoms with Crippen molar-refractivity contribution < 1.29 is 23.4 Å². The van der Waals surface area contributed by atoms with Crippen molar-refractivity contribution in [2.75, 3.05) is 20.8 Å². The average molecular weight is 464 g/mol. The van der Waals surface area contributed by atoms with Gasteiger partial charge in [0.15, 0.2) is 17.3 Å². The third kappa shape index (κ3) is 5.46. The summed E-state index contributed by atoms with van der Waals surface area (Å²) in [6.07, 6.45) is 3.34. The second-order valence-corrected chi connectivity index (χ2v) is 7.40. The van der Waals surface area contributed by atoms with Gasteiger partial charge in [-0.3, -0.25) is 9.78 Å². The highest BCUT2D eigenvalue weighted by Crippen LogP contribution is 2.41. The monoisotopic (exact) mass is 463 g/mol. The molecular formula is C23H20Cl2FNO4. The summed E-state index contributed by atoms with van der Waals surface area (Å²) in [5.41, 5.74) is 1.68. The van der Waals surface area contributed by atoms with E-state index in [1.807, 2.05) is 0 Å². The fourth-order valence-electron chi connectivity index (χ4n) is 3.05. The number of hydrogen-bond acceptors (Lipinski definition) is 5. The second kappa shape index (κ2) is 10.5. The maximum atomic E-state index is 13.1. The molecule has 0 spiro atoms. The molecule has 0 bridgehead atoms. The van der Waals surface area contributed by atoms with Crippen LogP contribution in [0.2, 0.25) is 10.0 Å². The van der Waals surface area contributed by atoms with E-state index in [0.29, 0.717) is 39.1 Å². The molecular weight excluding hydrogens is 444 g/mol. The molecule has 0 unspecified atom stereocenters. The van der Waals surface area contributed by atoms with Gasteiger partial charge in [0, 0.05) is 30.8 Å².